The normalized spacial score (nSPS) is 46.5. The first-order valence-corrected chi connectivity index (χ1v) is 5.10. The Morgan fingerprint density at radius 3 is 1.92 bits per heavy atom. The average molecular weight is 170 g/mol. The Morgan fingerprint density at radius 1 is 1.00 bits per heavy atom. The Balaban J connectivity index is 2.05. The maximum absolute atomic E-state index is 5.95. The summed E-state index contributed by atoms with van der Waals surface area (Å²) in [5.41, 5.74) is 0. The monoisotopic (exact) mass is 170 g/mol. The number of hydrogen-bond donors (Lipinski definition) is 0. The van der Waals surface area contributed by atoms with E-state index >= 15 is 0 Å². The van der Waals surface area contributed by atoms with Crippen LogP contribution in [-0.2, 0) is 9.47 Å². The van der Waals surface area contributed by atoms with Gasteiger partial charge in [-0.3, -0.25) is 0 Å². The van der Waals surface area contributed by atoms with E-state index in [0.29, 0.717) is 24.0 Å². The second-order valence-corrected chi connectivity index (χ2v) is 3.89. The molecule has 3 unspecified atom stereocenters. The third-order valence-electron chi connectivity index (χ3n) is 3.28. The molecule has 12 heavy (non-hydrogen) atoms. The van der Waals surface area contributed by atoms with Gasteiger partial charge in [0.2, 0.25) is 0 Å². The Kier molecular flexibility index (Phi) is 2.37. The van der Waals surface area contributed by atoms with Crippen LogP contribution >= 0.6 is 0 Å². The summed E-state index contributed by atoms with van der Waals surface area (Å²) in [4.78, 5) is 0. The van der Waals surface area contributed by atoms with Gasteiger partial charge in [-0.1, -0.05) is 13.8 Å². The molecule has 4 atom stereocenters. The zero-order chi connectivity index (χ0) is 8.55. The maximum Gasteiger partial charge on any atom is 0.0631 e. The van der Waals surface area contributed by atoms with Gasteiger partial charge in [0.15, 0.2) is 0 Å². The van der Waals surface area contributed by atoms with Crippen LogP contribution in [0.2, 0.25) is 0 Å². The van der Waals surface area contributed by atoms with Crippen molar-refractivity contribution >= 4 is 0 Å². The quantitative estimate of drug-likeness (QED) is 0.629. The Hall–Kier alpha value is -0.0800. The van der Waals surface area contributed by atoms with Crippen molar-refractivity contribution < 1.29 is 9.47 Å². The second kappa shape index (κ2) is 3.35. The number of fused-ring (bicyclic) bond motifs is 1. The van der Waals surface area contributed by atoms with Crippen LogP contribution in [0, 0.1) is 11.8 Å². The summed E-state index contributed by atoms with van der Waals surface area (Å²) in [6, 6.07) is 0. The fourth-order valence-corrected chi connectivity index (χ4v) is 2.58. The second-order valence-electron chi connectivity index (χ2n) is 3.89. The first-order chi connectivity index (χ1) is 5.86. The van der Waals surface area contributed by atoms with Crippen molar-refractivity contribution in [1.82, 2.24) is 0 Å². The van der Waals surface area contributed by atoms with Crippen molar-refractivity contribution in [3.63, 3.8) is 0 Å². The molecule has 0 amide bonds. The fourth-order valence-electron chi connectivity index (χ4n) is 2.58. The minimum absolute atomic E-state index is 0.474. The van der Waals surface area contributed by atoms with E-state index in [1.165, 1.54) is 0 Å². The predicted octanol–water partition coefficient (Wildman–Crippen LogP) is 1.84. The molecule has 0 saturated carbocycles. The molecule has 2 nitrogen and oxygen atoms in total. The predicted molar refractivity (Wildman–Crippen MR) is 47.0 cm³/mol. The molecule has 2 fully saturated rings. The van der Waals surface area contributed by atoms with Crippen molar-refractivity contribution in [3.05, 3.63) is 0 Å². The van der Waals surface area contributed by atoms with E-state index in [1.807, 2.05) is 0 Å². The lowest BCUT2D eigenvalue weighted by Gasteiger charge is -2.14. The topological polar surface area (TPSA) is 18.5 Å². The van der Waals surface area contributed by atoms with E-state index in [2.05, 4.69) is 13.8 Å². The van der Waals surface area contributed by atoms with Crippen molar-refractivity contribution in [2.45, 2.75) is 38.9 Å². The highest BCUT2D eigenvalue weighted by Gasteiger charge is 2.45. The average Bonchev–Trinajstić information content (AvgIpc) is 2.63. The number of hydrogen-bond acceptors (Lipinski definition) is 2. The maximum atomic E-state index is 5.95. The SMILES string of the molecule is CCC1O[C@@H](CC)C2COCC12. The minimum atomic E-state index is 0.474. The number of ether oxygens (including phenoxy) is 2. The molecule has 2 aliphatic heterocycles. The van der Waals surface area contributed by atoms with Gasteiger partial charge in [0.1, 0.15) is 0 Å². The van der Waals surface area contributed by atoms with Gasteiger partial charge in [-0.15, -0.1) is 0 Å². The third-order valence-corrected chi connectivity index (χ3v) is 3.28. The van der Waals surface area contributed by atoms with E-state index in [1.54, 1.807) is 0 Å². The first kappa shape index (κ1) is 8.52. The molecule has 0 spiro atoms. The van der Waals surface area contributed by atoms with Crippen molar-refractivity contribution in [1.29, 1.82) is 0 Å². The van der Waals surface area contributed by atoms with Crippen LogP contribution in [-0.4, -0.2) is 25.4 Å². The number of rotatable bonds is 2. The highest BCUT2D eigenvalue weighted by molar-refractivity contribution is 4.92. The molecule has 2 heteroatoms. The summed E-state index contributed by atoms with van der Waals surface area (Å²) in [7, 11) is 0. The van der Waals surface area contributed by atoms with Crippen LogP contribution in [0.25, 0.3) is 0 Å². The van der Waals surface area contributed by atoms with Gasteiger partial charge in [0, 0.05) is 11.8 Å². The summed E-state index contributed by atoms with van der Waals surface area (Å²) in [5, 5.41) is 0. The van der Waals surface area contributed by atoms with Gasteiger partial charge >= 0.3 is 0 Å². The highest BCUT2D eigenvalue weighted by atomic mass is 16.5. The van der Waals surface area contributed by atoms with E-state index in [9.17, 15) is 0 Å². The molecule has 0 aromatic rings. The largest absolute Gasteiger partial charge is 0.381 e. The van der Waals surface area contributed by atoms with Crippen LogP contribution in [0.3, 0.4) is 0 Å². The van der Waals surface area contributed by atoms with Gasteiger partial charge in [-0.2, -0.15) is 0 Å². The van der Waals surface area contributed by atoms with E-state index in [-0.39, 0.29) is 0 Å². The van der Waals surface area contributed by atoms with Gasteiger partial charge in [-0.25, -0.2) is 0 Å². The summed E-state index contributed by atoms with van der Waals surface area (Å²) in [5.74, 6) is 1.39. The molecule has 0 bridgehead atoms. The Morgan fingerprint density at radius 2 is 1.50 bits per heavy atom. The van der Waals surface area contributed by atoms with Crippen molar-refractivity contribution in [2.75, 3.05) is 13.2 Å². The van der Waals surface area contributed by atoms with Crippen LogP contribution in [0.4, 0.5) is 0 Å². The zero-order valence-corrected chi connectivity index (χ0v) is 7.95. The molecular weight excluding hydrogens is 152 g/mol. The summed E-state index contributed by atoms with van der Waals surface area (Å²) >= 11 is 0. The standard InChI is InChI=1S/C10H18O2/c1-3-9-7-5-11-6-8(7)10(4-2)12-9/h7-10H,3-6H2,1-2H3/t7?,8?,9-,10?/m0/s1. The van der Waals surface area contributed by atoms with Crippen LogP contribution in [0.5, 0.6) is 0 Å². The molecule has 2 rings (SSSR count). The molecule has 70 valence electrons. The highest BCUT2D eigenvalue weighted by Crippen LogP contribution is 2.39. The van der Waals surface area contributed by atoms with Crippen LogP contribution in [0.15, 0.2) is 0 Å². The molecule has 0 aliphatic carbocycles. The summed E-state index contributed by atoms with van der Waals surface area (Å²) < 4.78 is 11.4. The van der Waals surface area contributed by atoms with Crippen LogP contribution in [0.1, 0.15) is 26.7 Å². The zero-order valence-electron chi connectivity index (χ0n) is 7.95. The molecule has 0 aromatic heterocycles. The molecule has 2 aliphatic rings. The van der Waals surface area contributed by atoms with Crippen molar-refractivity contribution in [3.8, 4) is 0 Å². The molecule has 2 heterocycles. The van der Waals surface area contributed by atoms with E-state index in [0.717, 1.165) is 26.1 Å². The van der Waals surface area contributed by atoms with Crippen molar-refractivity contribution in [2.24, 2.45) is 11.8 Å². The minimum Gasteiger partial charge on any atom is -0.381 e. The van der Waals surface area contributed by atoms with Gasteiger partial charge in [-0.05, 0) is 12.8 Å². The van der Waals surface area contributed by atoms with E-state index < -0.39 is 0 Å². The molecule has 2 saturated heterocycles. The molecule has 0 radical (unpaired) electrons. The fraction of sp³-hybridized carbons (Fsp3) is 1.00. The lowest BCUT2D eigenvalue weighted by molar-refractivity contribution is -0.00338. The molecule has 0 aromatic carbocycles. The first-order valence-electron chi connectivity index (χ1n) is 5.10. The molecular formula is C10H18O2. The Labute approximate surface area is 74.2 Å². The molecule has 0 N–H and O–H groups in total. The Bertz CT molecular complexity index is 142. The summed E-state index contributed by atoms with van der Waals surface area (Å²) in [6.07, 6.45) is 3.23. The lowest BCUT2D eigenvalue weighted by Crippen LogP contribution is -2.19. The smallest absolute Gasteiger partial charge is 0.0631 e. The third kappa shape index (κ3) is 1.17. The van der Waals surface area contributed by atoms with Crippen LogP contribution < -0.4 is 0 Å². The van der Waals surface area contributed by atoms with E-state index in [4.69, 9.17) is 9.47 Å². The van der Waals surface area contributed by atoms with Gasteiger partial charge in [0.25, 0.3) is 0 Å². The van der Waals surface area contributed by atoms with Gasteiger partial charge < -0.3 is 9.47 Å². The summed E-state index contributed by atoms with van der Waals surface area (Å²) in [6.45, 7) is 6.27. The van der Waals surface area contributed by atoms with Gasteiger partial charge in [0.05, 0.1) is 25.4 Å². The lowest BCUT2D eigenvalue weighted by atomic mass is 9.89.